The average Bonchev–Trinajstić information content (AvgIpc) is 2.77. The van der Waals surface area contributed by atoms with E-state index in [1.165, 1.54) is 0 Å². The fraction of sp³-hybridized carbons (Fsp3) is 0.364. The molecule has 2 rings (SSSR count). The van der Waals surface area contributed by atoms with Gasteiger partial charge in [0.05, 0.1) is 23.5 Å². The van der Waals surface area contributed by atoms with Crippen molar-refractivity contribution in [3.8, 4) is 5.69 Å². The molecule has 84 valence electrons. The molecule has 2 aromatic rings. The lowest BCUT2D eigenvalue weighted by Crippen LogP contribution is -1.96. The second-order valence-electron chi connectivity index (χ2n) is 3.68. The quantitative estimate of drug-likeness (QED) is 0.770. The standard InChI is InChI=1S/C11H13ClN4/c1-3-10(12)11-7-16(15-14-11)9-4-8(2)5-13-6-9/h4-7,10H,3H2,1-2H3. The van der Waals surface area contributed by atoms with E-state index in [2.05, 4.69) is 15.3 Å². The van der Waals surface area contributed by atoms with Crippen molar-refractivity contribution in [3.63, 3.8) is 0 Å². The third-order valence-corrected chi connectivity index (χ3v) is 2.85. The molecular formula is C11H13ClN4. The predicted octanol–water partition coefficient (Wildman–Crippen LogP) is 2.66. The molecule has 0 N–H and O–H groups in total. The molecule has 0 bridgehead atoms. The van der Waals surface area contributed by atoms with Crippen LogP contribution in [-0.4, -0.2) is 20.0 Å². The number of rotatable bonds is 3. The van der Waals surface area contributed by atoms with Gasteiger partial charge in [0.15, 0.2) is 0 Å². The smallest absolute Gasteiger partial charge is 0.101 e. The number of halogens is 1. The summed E-state index contributed by atoms with van der Waals surface area (Å²) in [6.07, 6.45) is 6.24. The highest BCUT2D eigenvalue weighted by atomic mass is 35.5. The Morgan fingerprint density at radius 2 is 2.25 bits per heavy atom. The Hall–Kier alpha value is -1.42. The highest BCUT2D eigenvalue weighted by Gasteiger charge is 2.10. The van der Waals surface area contributed by atoms with Gasteiger partial charge in [0, 0.05) is 6.20 Å². The molecule has 16 heavy (non-hydrogen) atoms. The molecule has 0 spiro atoms. The van der Waals surface area contributed by atoms with E-state index in [0.717, 1.165) is 23.4 Å². The summed E-state index contributed by atoms with van der Waals surface area (Å²) < 4.78 is 1.69. The van der Waals surface area contributed by atoms with E-state index in [1.54, 1.807) is 17.1 Å². The lowest BCUT2D eigenvalue weighted by atomic mass is 10.2. The minimum Gasteiger partial charge on any atom is -0.262 e. The molecule has 0 aliphatic heterocycles. The van der Waals surface area contributed by atoms with E-state index in [1.807, 2.05) is 26.1 Å². The van der Waals surface area contributed by atoms with Crippen LogP contribution in [0.25, 0.3) is 5.69 Å². The molecule has 0 amide bonds. The summed E-state index contributed by atoms with van der Waals surface area (Å²) in [5.41, 5.74) is 2.79. The van der Waals surface area contributed by atoms with Crippen LogP contribution in [-0.2, 0) is 0 Å². The summed E-state index contributed by atoms with van der Waals surface area (Å²) in [6, 6.07) is 2.00. The van der Waals surface area contributed by atoms with Gasteiger partial charge in [-0.05, 0) is 25.0 Å². The highest BCUT2D eigenvalue weighted by Crippen LogP contribution is 2.21. The molecule has 0 fully saturated rings. The van der Waals surface area contributed by atoms with Crippen molar-refractivity contribution >= 4 is 11.6 Å². The normalized spacial score (nSPS) is 12.7. The predicted molar refractivity (Wildman–Crippen MR) is 62.8 cm³/mol. The van der Waals surface area contributed by atoms with Crippen molar-refractivity contribution in [1.82, 2.24) is 20.0 Å². The van der Waals surface area contributed by atoms with Crippen LogP contribution in [0.4, 0.5) is 0 Å². The zero-order chi connectivity index (χ0) is 11.5. The molecule has 0 saturated heterocycles. The van der Waals surface area contributed by atoms with Crippen molar-refractivity contribution in [2.75, 3.05) is 0 Å². The molecule has 2 aromatic heterocycles. The van der Waals surface area contributed by atoms with Crippen LogP contribution in [0.3, 0.4) is 0 Å². The van der Waals surface area contributed by atoms with Gasteiger partial charge < -0.3 is 0 Å². The zero-order valence-electron chi connectivity index (χ0n) is 9.26. The van der Waals surface area contributed by atoms with E-state index in [9.17, 15) is 0 Å². The lowest BCUT2D eigenvalue weighted by molar-refractivity contribution is 0.782. The maximum absolute atomic E-state index is 6.09. The van der Waals surface area contributed by atoms with Crippen molar-refractivity contribution in [2.45, 2.75) is 25.6 Å². The van der Waals surface area contributed by atoms with E-state index in [-0.39, 0.29) is 5.38 Å². The Balaban J connectivity index is 2.31. The minimum atomic E-state index is -0.0773. The maximum Gasteiger partial charge on any atom is 0.101 e. The van der Waals surface area contributed by atoms with Gasteiger partial charge in [-0.2, -0.15) is 0 Å². The Kier molecular flexibility index (Phi) is 3.19. The van der Waals surface area contributed by atoms with Crippen molar-refractivity contribution in [3.05, 3.63) is 35.9 Å². The fourth-order valence-electron chi connectivity index (χ4n) is 1.42. The molecule has 0 aliphatic rings. The Bertz CT molecular complexity index is 480. The van der Waals surface area contributed by atoms with Crippen molar-refractivity contribution in [1.29, 1.82) is 0 Å². The number of aromatic nitrogens is 4. The number of nitrogens with zero attached hydrogens (tertiary/aromatic N) is 4. The zero-order valence-corrected chi connectivity index (χ0v) is 10.0. The topological polar surface area (TPSA) is 43.6 Å². The summed E-state index contributed by atoms with van der Waals surface area (Å²) in [5, 5.41) is 8.01. The molecule has 2 heterocycles. The van der Waals surface area contributed by atoms with Crippen molar-refractivity contribution in [2.24, 2.45) is 0 Å². The molecule has 0 aromatic carbocycles. The highest BCUT2D eigenvalue weighted by molar-refractivity contribution is 6.20. The second kappa shape index (κ2) is 4.61. The van der Waals surface area contributed by atoms with Crippen LogP contribution in [0.2, 0.25) is 0 Å². The number of hydrogen-bond acceptors (Lipinski definition) is 3. The molecule has 0 aliphatic carbocycles. The third kappa shape index (κ3) is 2.22. The minimum absolute atomic E-state index is 0.0773. The number of pyridine rings is 1. The summed E-state index contributed by atoms with van der Waals surface area (Å²) in [6.45, 7) is 4.01. The van der Waals surface area contributed by atoms with E-state index in [0.29, 0.717) is 0 Å². The first-order valence-electron chi connectivity index (χ1n) is 5.19. The second-order valence-corrected chi connectivity index (χ2v) is 4.21. The van der Waals surface area contributed by atoms with Crippen LogP contribution < -0.4 is 0 Å². The first-order valence-corrected chi connectivity index (χ1v) is 5.62. The van der Waals surface area contributed by atoms with Gasteiger partial charge in [-0.3, -0.25) is 4.98 Å². The van der Waals surface area contributed by atoms with Gasteiger partial charge in [0.25, 0.3) is 0 Å². The molecule has 0 saturated carbocycles. The van der Waals surface area contributed by atoms with Crippen LogP contribution in [0.1, 0.15) is 30.0 Å². The first-order chi connectivity index (χ1) is 7.70. The Morgan fingerprint density at radius 1 is 1.44 bits per heavy atom. The van der Waals surface area contributed by atoms with E-state index in [4.69, 9.17) is 11.6 Å². The molecule has 5 heteroatoms. The largest absolute Gasteiger partial charge is 0.262 e. The summed E-state index contributed by atoms with van der Waals surface area (Å²) >= 11 is 6.09. The van der Waals surface area contributed by atoms with E-state index < -0.39 is 0 Å². The monoisotopic (exact) mass is 236 g/mol. The number of aryl methyl sites for hydroxylation is 1. The SMILES string of the molecule is CCC(Cl)c1cn(-c2cncc(C)c2)nn1. The maximum atomic E-state index is 6.09. The Labute approximate surface area is 99.3 Å². The van der Waals surface area contributed by atoms with Gasteiger partial charge in [0.1, 0.15) is 5.69 Å². The molecule has 1 unspecified atom stereocenters. The fourth-order valence-corrected chi connectivity index (χ4v) is 1.52. The Morgan fingerprint density at radius 3 is 2.94 bits per heavy atom. The van der Waals surface area contributed by atoms with Crippen molar-refractivity contribution < 1.29 is 0 Å². The van der Waals surface area contributed by atoms with Crippen LogP contribution in [0, 0.1) is 6.92 Å². The van der Waals surface area contributed by atoms with E-state index >= 15 is 0 Å². The summed E-state index contributed by atoms with van der Waals surface area (Å²) in [5.74, 6) is 0. The number of alkyl halides is 1. The lowest BCUT2D eigenvalue weighted by Gasteiger charge is -2.00. The summed E-state index contributed by atoms with van der Waals surface area (Å²) in [4.78, 5) is 4.11. The first kappa shape index (κ1) is 11.1. The van der Waals surface area contributed by atoms with Gasteiger partial charge in [0.2, 0.25) is 0 Å². The van der Waals surface area contributed by atoms with Gasteiger partial charge in [-0.1, -0.05) is 12.1 Å². The van der Waals surface area contributed by atoms with Crippen LogP contribution in [0.15, 0.2) is 24.7 Å². The van der Waals surface area contributed by atoms with Crippen LogP contribution >= 0.6 is 11.6 Å². The van der Waals surface area contributed by atoms with Gasteiger partial charge >= 0.3 is 0 Å². The van der Waals surface area contributed by atoms with Crippen LogP contribution in [0.5, 0.6) is 0 Å². The molecule has 0 radical (unpaired) electrons. The molecule has 1 atom stereocenters. The molecule has 4 nitrogen and oxygen atoms in total. The summed E-state index contributed by atoms with van der Waals surface area (Å²) in [7, 11) is 0. The van der Waals surface area contributed by atoms with Gasteiger partial charge in [-0.25, -0.2) is 4.68 Å². The van der Waals surface area contributed by atoms with Gasteiger partial charge in [-0.15, -0.1) is 16.7 Å². The molecular weight excluding hydrogens is 224 g/mol. The third-order valence-electron chi connectivity index (χ3n) is 2.32. The average molecular weight is 237 g/mol. The number of hydrogen-bond donors (Lipinski definition) is 0.